The summed E-state index contributed by atoms with van der Waals surface area (Å²) in [5, 5.41) is 19.1. The number of hydrogen-bond donors (Lipinski definition) is 2. The summed E-state index contributed by atoms with van der Waals surface area (Å²) in [7, 11) is 0. The smallest absolute Gasteiger partial charge is 0.337 e. The molecule has 1 aromatic carbocycles. The Morgan fingerprint density at radius 3 is 2.75 bits per heavy atom. The van der Waals surface area contributed by atoms with Crippen molar-refractivity contribution in [2.45, 2.75) is 0 Å². The van der Waals surface area contributed by atoms with E-state index in [4.69, 9.17) is 5.73 Å². The average molecular weight is 286 g/mol. The molecule has 0 saturated heterocycles. The van der Waals surface area contributed by atoms with Crippen LogP contribution in [0.25, 0.3) is 16.3 Å². The Labute approximate surface area is 118 Å². The van der Waals surface area contributed by atoms with E-state index in [-0.39, 0.29) is 5.56 Å². The first-order valence-corrected chi connectivity index (χ1v) is 6.64. The third-order valence-electron chi connectivity index (χ3n) is 2.82. The van der Waals surface area contributed by atoms with Gasteiger partial charge in [0.25, 0.3) is 0 Å². The fourth-order valence-electron chi connectivity index (χ4n) is 1.90. The lowest BCUT2D eigenvalue weighted by Gasteiger charge is -2.06. The molecular weight excluding hydrogens is 276 g/mol. The Bertz CT molecular complexity index is 765. The molecule has 0 saturated carbocycles. The number of benzene rings is 1. The van der Waals surface area contributed by atoms with E-state index < -0.39 is 5.97 Å². The second kappa shape index (κ2) is 4.78. The molecule has 0 amide bonds. The Kier molecular flexibility index (Phi) is 2.96. The van der Waals surface area contributed by atoms with Crippen molar-refractivity contribution in [3.05, 3.63) is 47.3 Å². The van der Waals surface area contributed by atoms with Crippen LogP contribution in [0.2, 0.25) is 0 Å². The monoisotopic (exact) mass is 286 g/mol. The minimum atomic E-state index is -1.03. The second-order valence-corrected chi connectivity index (χ2v) is 4.98. The molecule has 2 aromatic heterocycles. The van der Waals surface area contributed by atoms with Crippen LogP contribution in [0.3, 0.4) is 0 Å². The maximum absolute atomic E-state index is 11.2. The van der Waals surface area contributed by atoms with E-state index in [1.807, 2.05) is 17.5 Å². The van der Waals surface area contributed by atoms with Crippen molar-refractivity contribution in [3.8, 4) is 16.3 Å². The number of carboxylic acids is 1. The van der Waals surface area contributed by atoms with E-state index in [0.29, 0.717) is 17.2 Å². The fraction of sp³-hybridized carbons (Fsp3) is 0. The first-order valence-electron chi connectivity index (χ1n) is 5.76. The van der Waals surface area contributed by atoms with Crippen LogP contribution in [-0.2, 0) is 0 Å². The molecule has 2 heterocycles. The van der Waals surface area contributed by atoms with Crippen LogP contribution in [0.1, 0.15) is 10.4 Å². The predicted octanol–water partition coefficient (Wildman–Crippen LogP) is 2.28. The van der Waals surface area contributed by atoms with E-state index >= 15 is 0 Å². The molecule has 100 valence electrons. The van der Waals surface area contributed by atoms with Crippen molar-refractivity contribution in [1.82, 2.24) is 15.0 Å². The number of anilines is 1. The van der Waals surface area contributed by atoms with Crippen LogP contribution >= 0.6 is 11.3 Å². The van der Waals surface area contributed by atoms with Crippen LogP contribution in [0.4, 0.5) is 5.82 Å². The van der Waals surface area contributed by atoms with Crippen LogP contribution < -0.4 is 5.73 Å². The number of nitrogens with two attached hydrogens (primary N) is 1. The minimum Gasteiger partial charge on any atom is -0.478 e. The van der Waals surface area contributed by atoms with Gasteiger partial charge in [-0.3, -0.25) is 0 Å². The van der Waals surface area contributed by atoms with Crippen molar-refractivity contribution in [2.24, 2.45) is 0 Å². The molecule has 0 atom stereocenters. The summed E-state index contributed by atoms with van der Waals surface area (Å²) in [6.07, 6.45) is 0. The quantitative estimate of drug-likeness (QED) is 0.770. The highest BCUT2D eigenvalue weighted by molar-refractivity contribution is 7.13. The highest BCUT2D eigenvalue weighted by Gasteiger charge is 2.18. The lowest BCUT2D eigenvalue weighted by atomic mass is 10.2. The molecule has 0 spiro atoms. The summed E-state index contributed by atoms with van der Waals surface area (Å²) in [5.41, 5.74) is 7.13. The number of thiophene rings is 1. The molecular formula is C13H10N4O2S. The second-order valence-electron chi connectivity index (χ2n) is 4.03. The summed E-state index contributed by atoms with van der Waals surface area (Å²) >= 11 is 1.50. The van der Waals surface area contributed by atoms with Crippen LogP contribution in [0.15, 0.2) is 41.8 Å². The zero-order chi connectivity index (χ0) is 14.1. The van der Waals surface area contributed by atoms with E-state index in [2.05, 4.69) is 10.3 Å². The fourth-order valence-corrected chi connectivity index (χ4v) is 2.61. The molecule has 0 aliphatic rings. The van der Waals surface area contributed by atoms with E-state index in [9.17, 15) is 9.90 Å². The van der Waals surface area contributed by atoms with Crippen LogP contribution in [0, 0.1) is 0 Å². The van der Waals surface area contributed by atoms with Crippen molar-refractivity contribution < 1.29 is 9.90 Å². The number of carboxylic acid groups (broad SMARTS) is 1. The Balaban J connectivity index is 2.15. The molecule has 0 aliphatic carbocycles. The standard InChI is InChI=1S/C13H10N4O2S/c14-12-11(10-6-3-7-20-10)15-16-17(12)9-5-2-1-4-8(9)13(18)19/h1-7H,14H2,(H,18,19). The van der Waals surface area contributed by atoms with Crippen molar-refractivity contribution in [2.75, 3.05) is 5.73 Å². The summed E-state index contributed by atoms with van der Waals surface area (Å²) in [6.45, 7) is 0. The summed E-state index contributed by atoms with van der Waals surface area (Å²) < 4.78 is 1.35. The maximum Gasteiger partial charge on any atom is 0.337 e. The molecule has 0 fully saturated rings. The number of rotatable bonds is 3. The van der Waals surface area contributed by atoms with Crippen molar-refractivity contribution in [1.29, 1.82) is 0 Å². The number of para-hydroxylation sites is 1. The Hall–Kier alpha value is -2.67. The normalized spacial score (nSPS) is 10.6. The zero-order valence-corrected chi connectivity index (χ0v) is 11.0. The van der Waals surface area contributed by atoms with Gasteiger partial charge in [0.2, 0.25) is 0 Å². The molecule has 0 unspecified atom stereocenters. The van der Waals surface area contributed by atoms with Gasteiger partial charge in [-0.1, -0.05) is 23.4 Å². The van der Waals surface area contributed by atoms with Gasteiger partial charge >= 0.3 is 5.97 Å². The largest absolute Gasteiger partial charge is 0.478 e. The predicted molar refractivity (Wildman–Crippen MR) is 76.0 cm³/mol. The van der Waals surface area contributed by atoms with Gasteiger partial charge in [-0.2, -0.15) is 4.68 Å². The molecule has 0 aliphatic heterocycles. The van der Waals surface area contributed by atoms with Crippen LogP contribution in [-0.4, -0.2) is 26.1 Å². The summed E-state index contributed by atoms with van der Waals surface area (Å²) in [6, 6.07) is 10.3. The van der Waals surface area contributed by atoms with Gasteiger partial charge in [0, 0.05) is 0 Å². The zero-order valence-electron chi connectivity index (χ0n) is 10.2. The van der Waals surface area contributed by atoms with Crippen molar-refractivity contribution >= 4 is 23.1 Å². The highest BCUT2D eigenvalue weighted by Crippen LogP contribution is 2.29. The van der Waals surface area contributed by atoms with Crippen LogP contribution in [0.5, 0.6) is 0 Å². The number of nitrogen functional groups attached to an aromatic ring is 1. The van der Waals surface area contributed by atoms with E-state index in [1.54, 1.807) is 18.2 Å². The summed E-state index contributed by atoms with van der Waals surface area (Å²) in [5.74, 6) is -0.714. The topological polar surface area (TPSA) is 94.0 Å². The average Bonchev–Trinajstić information content (AvgIpc) is 3.07. The third-order valence-corrected chi connectivity index (χ3v) is 3.70. The van der Waals surface area contributed by atoms with E-state index in [0.717, 1.165) is 4.88 Å². The first-order chi connectivity index (χ1) is 9.68. The number of aromatic carboxylic acids is 1. The third kappa shape index (κ3) is 1.94. The van der Waals surface area contributed by atoms with E-state index in [1.165, 1.54) is 22.1 Å². The van der Waals surface area contributed by atoms with Gasteiger partial charge in [-0.05, 0) is 23.6 Å². The first kappa shape index (κ1) is 12.4. The lowest BCUT2D eigenvalue weighted by Crippen LogP contribution is -2.08. The van der Waals surface area contributed by atoms with Gasteiger partial charge < -0.3 is 10.8 Å². The molecule has 20 heavy (non-hydrogen) atoms. The number of carbonyl (C=O) groups is 1. The van der Waals surface area contributed by atoms with Gasteiger partial charge in [0.05, 0.1) is 16.1 Å². The Morgan fingerprint density at radius 2 is 2.05 bits per heavy atom. The molecule has 3 N–H and O–H groups in total. The number of hydrogen-bond acceptors (Lipinski definition) is 5. The molecule has 0 radical (unpaired) electrons. The van der Waals surface area contributed by atoms with Crippen molar-refractivity contribution in [3.63, 3.8) is 0 Å². The van der Waals surface area contributed by atoms with Gasteiger partial charge in [-0.25, -0.2) is 4.79 Å². The molecule has 6 nitrogen and oxygen atoms in total. The molecule has 3 rings (SSSR count). The molecule has 0 bridgehead atoms. The molecule has 3 aromatic rings. The Morgan fingerprint density at radius 1 is 1.25 bits per heavy atom. The number of aromatic nitrogens is 3. The maximum atomic E-state index is 11.2. The minimum absolute atomic E-state index is 0.127. The number of nitrogens with zero attached hydrogens (tertiary/aromatic N) is 3. The highest BCUT2D eigenvalue weighted by atomic mass is 32.1. The SMILES string of the molecule is Nc1c(-c2cccs2)nnn1-c1ccccc1C(=O)O. The van der Waals surface area contributed by atoms with Gasteiger partial charge in [0.1, 0.15) is 5.69 Å². The lowest BCUT2D eigenvalue weighted by molar-refractivity contribution is 0.0697. The van der Waals surface area contributed by atoms with Gasteiger partial charge in [0.15, 0.2) is 5.82 Å². The summed E-state index contributed by atoms with van der Waals surface area (Å²) in [4.78, 5) is 12.1. The molecule has 7 heteroatoms. The van der Waals surface area contributed by atoms with Gasteiger partial charge in [-0.15, -0.1) is 16.4 Å².